The van der Waals surface area contributed by atoms with Gasteiger partial charge in [-0.15, -0.1) is 0 Å². The molecule has 0 radical (unpaired) electrons. The first kappa shape index (κ1) is 75.0. The number of benzene rings is 12. The molecule has 14 aromatic rings. The Balaban J connectivity index is 1.09. The fourth-order valence-corrected chi connectivity index (χ4v) is 37.2. The minimum absolute atomic E-state index is 0.628. The van der Waals surface area contributed by atoms with Gasteiger partial charge in [0.15, 0.2) is 40.0 Å². The van der Waals surface area contributed by atoms with Gasteiger partial charge in [-0.05, 0) is 220 Å². The van der Waals surface area contributed by atoms with Gasteiger partial charge in [0.05, 0.1) is 0 Å². The zero-order valence-corrected chi connectivity index (χ0v) is 70.6. The van der Waals surface area contributed by atoms with Crippen molar-refractivity contribution in [3.63, 3.8) is 0 Å². The van der Waals surface area contributed by atoms with Crippen LogP contribution in [-0.2, 0) is 8.23 Å². The normalized spacial score (nSPS) is 14.4. The van der Waals surface area contributed by atoms with Crippen molar-refractivity contribution in [1.29, 1.82) is 0 Å². The van der Waals surface area contributed by atoms with Gasteiger partial charge in [0.1, 0.15) is 22.6 Å². The van der Waals surface area contributed by atoms with Gasteiger partial charge in [-0.2, -0.15) is 0 Å². The topological polar surface area (TPSA) is 102 Å². The molecular weight excluding hydrogens is 1430 g/mol. The maximum atomic E-state index is 9.99. The molecule has 0 fully saturated rings. The second kappa shape index (κ2) is 32.5. The van der Waals surface area contributed by atoms with Crippen LogP contribution in [-0.4, -0.2) is 57.3 Å². The van der Waals surface area contributed by atoms with E-state index in [0.29, 0.717) is 23.3 Å². The summed E-state index contributed by atoms with van der Waals surface area (Å²) in [5, 5.41) is 22.5. The van der Waals surface area contributed by atoms with E-state index < -0.39 is 25.5 Å². The molecule has 0 saturated heterocycles. The average Bonchev–Trinajstić information content (AvgIpc) is 1.53. The highest BCUT2D eigenvalue weighted by Gasteiger charge is 2.61. The number of hydrogen-bond donors (Lipinski definition) is 0. The van der Waals surface area contributed by atoms with Gasteiger partial charge in [-0.25, -0.2) is 30.0 Å². The molecule has 6 bridgehead atoms. The van der Waals surface area contributed by atoms with Crippen molar-refractivity contribution in [1.82, 2.24) is 8.47 Å². The number of aromatic nitrogens is 2. The van der Waals surface area contributed by atoms with Crippen LogP contribution in [0.15, 0.2) is 224 Å². The van der Waals surface area contributed by atoms with Crippen molar-refractivity contribution in [2.24, 2.45) is 30.0 Å². The van der Waals surface area contributed by atoms with Crippen molar-refractivity contribution in [3.05, 3.63) is 227 Å². The number of amidine groups is 4. The molecule has 0 spiro atoms. The minimum atomic E-state index is -4.86. The second-order valence-electron chi connectivity index (χ2n) is 33.7. The van der Waals surface area contributed by atoms with Crippen LogP contribution in [0.3, 0.4) is 0 Å². The van der Waals surface area contributed by atoms with Gasteiger partial charge in [-0.1, -0.05) is 293 Å². The van der Waals surface area contributed by atoms with Crippen LogP contribution in [0.25, 0.3) is 108 Å². The van der Waals surface area contributed by atoms with E-state index in [0.717, 1.165) is 261 Å². The maximum Gasteiger partial charge on any atom is 0.582 e. The third-order valence-electron chi connectivity index (χ3n) is 25.6. The van der Waals surface area contributed by atoms with Crippen LogP contribution in [0.1, 0.15) is 218 Å². The highest BCUT2D eigenvalue weighted by Crippen LogP contribution is 2.50. The Bertz CT molecular complexity index is 5870. The van der Waals surface area contributed by atoms with E-state index in [1.165, 1.54) is 81.6 Å². The molecule has 10 nitrogen and oxygen atoms in total. The summed E-state index contributed by atoms with van der Waals surface area (Å²) in [6, 6.07) is 79.8. The lowest BCUT2D eigenvalue weighted by Gasteiger charge is -2.47. The fourth-order valence-electron chi connectivity index (χ4n) is 19.5. The van der Waals surface area contributed by atoms with E-state index >= 15 is 0 Å². The van der Waals surface area contributed by atoms with Gasteiger partial charge in [-0.3, -0.25) is 8.47 Å². The van der Waals surface area contributed by atoms with Crippen LogP contribution < -0.4 is 11.0 Å². The van der Waals surface area contributed by atoms with Crippen LogP contribution in [0.5, 0.6) is 0 Å². The van der Waals surface area contributed by atoms with Crippen molar-refractivity contribution >= 4 is 168 Å². The zero-order valence-electron chi connectivity index (χ0n) is 67.6. The van der Waals surface area contributed by atoms with Crippen LogP contribution in [0.2, 0.25) is 36.3 Å². The van der Waals surface area contributed by atoms with Crippen LogP contribution in [0, 0.1) is 0 Å². The number of hydrogen-bond acceptors (Lipinski definition) is 8. The largest absolute Gasteiger partial charge is 0.582 e. The Hall–Kier alpha value is -9.35. The van der Waals surface area contributed by atoms with Crippen LogP contribution >= 0.6 is 0 Å². The number of unbranched alkanes of at least 4 members (excludes halogenated alkanes) is 18. The molecule has 4 aliphatic rings. The lowest BCUT2D eigenvalue weighted by atomic mass is 9.98. The highest BCUT2D eigenvalue weighted by atomic mass is 28.5. The molecule has 0 atom stereocenters. The van der Waals surface area contributed by atoms with Crippen molar-refractivity contribution in [2.75, 3.05) is 0 Å². The van der Waals surface area contributed by atoms with E-state index in [1.807, 2.05) is 0 Å². The summed E-state index contributed by atoms with van der Waals surface area (Å²) in [6.07, 6.45) is 27.6. The Morgan fingerprint density at radius 3 is 0.717 bits per heavy atom. The number of aliphatic imine (C=N–C) groups is 4. The first-order valence-corrected chi connectivity index (χ1v) is 50.5. The van der Waals surface area contributed by atoms with E-state index in [1.54, 1.807) is 0 Å². The standard InChI is InChI=1S/C100H110N8O2Si3/c1-7-13-19-33-47-111(48-34-20-14-8-2,49-35-21-15-9-3)109-113(110-112(50-36-22-16-10-4,51-37-23-17-11-5)52-38-24-18-12-6)107-97-89-65-81-57-73-43-29-30-44-74(73)58-82(81)66-90(89)99(107)105-95-87-63-79-55-71-41-27-28-42-72(71)56-80(79)64-88(87)96(102-95)106-100-92-68-84-60-76-46-32-31-45-75(76)59-83(84)67-91(92)98(108(100)113)104-94-86-62-78-54-70-40-26-25-39-69(70)53-77(78)61-85(86)93(101-94)103-97/h25-32,39-46,53-68H,7-24,33-38,47-52H2,1-6H3. The predicted octanol–water partition coefficient (Wildman–Crippen LogP) is 28.0. The second-order valence-corrected chi connectivity index (χ2v) is 45.0. The molecule has 0 saturated carbocycles. The van der Waals surface area contributed by atoms with Gasteiger partial charge >= 0.3 is 8.88 Å². The van der Waals surface area contributed by atoms with Gasteiger partial charge < -0.3 is 8.23 Å². The molecule has 0 N–H and O–H groups in total. The summed E-state index contributed by atoms with van der Waals surface area (Å²) in [7, 11) is -11.2. The summed E-state index contributed by atoms with van der Waals surface area (Å²) in [4.78, 5) is 37.8. The molecule has 6 heterocycles. The Kier molecular flexibility index (Phi) is 21.6. The Morgan fingerprint density at radius 2 is 0.469 bits per heavy atom. The van der Waals surface area contributed by atoms with E-state index in [4.69, 9.17) is 30.0 Å². The predicted molar refractivity (Wildman–Crippen MR) is 489 cm³/mol. The molecule has 2 aromatic heterocycles. The molecule has 0 amide bonds. The molecular formula is C100H110N8O2Si3. The highest BCUT2D eigenvalue weighted by molar-refractivity contribution is 6.89. The lowest BCUT2D eigenvalue weighted by molar-refractivity contribution is 0.317. The molecule has 13 heteroatoms. The maximum absolute atomic E-state index is 9.99. The molecule has 0 unspecified atom stereocenters. The molecule has 4 aliphatic heterocycles. The lowest BCUT2D eigenvalue weighted by Crippen LogP contribution is -2.71. The Morgan fingerprint density at radius 1 is 0.239 bits per heavy atom. The third kappa shape index (κ3) is 14.4. The SMILES string of the molecule is CCCCCC[Si](CCCCCC)(CCCCCC)O[Si]1(O[Si](CCCCCC)(CCCCCC)CCCCCC)n2c3c4cc5cc6ccccc6cc5cc4c2N=C2N=C(N=c4c5cc6cc7ccccc7cc6cc5c(n41)=NC1=NC(=N3)c3cc4cc5ccccc5cc4cc31)c1cc3cc4ccccc4cc3cc12. The average molecular weight is 1540 g/mol. The van der Waals surface area contributed by atoms with Gasteiger partial charge in [0.2, 0.25) is 0 Å². The zero-order chi connectivity index (χ0) is 76.6. The molecule has 0 aliphatic carbocycles. The number of fused-ring (bicyclic) bond motifs is 22. The monoisotopic (exact) mass is 1540 g/mol. The third-order valence-corrected chi connectivity index (χ3v) is 40.7. The van der Waals surface area contributed by atoms with Gasteiger partial charge in [0, 0.05) is 43.8 Å². The van der Waals surface area contributed by atoms with Crippen molar-refractivity contribution in [3.8, 4) is 0 Å². The van der Waals surface area contributed by atoms with Crippen molar-refractivity contribution < 1.29 is 8.23 Å². The quantitative estimate of drug-likeness (QED) is 0.0228. The molecule has 18 rings (SSSR count). The van der Waals surface area contributed by atoms with E-state index in [-0.39, 0.29) is 0 Å². The number of nitrogens with zero attached hydrogens (tertiary/aromatic N) is 8. The van der Waals surface area contributed by atoms with Crippen molar-refractivity contribution in [2.45, 2.75) is 232 Å². The first-order chi connectivity index (χ1) is 55.6. The van der Waals surface area contributed by atoms with E-state index in [9.17, 15) is 8.23 Å². The summed E-state index contributed by atoms with van der Waals surface area (Å²) in [6.45, 7) is 14.2. The first-order valence-electron chi connectivity index (χ1n) is 43.8. The summed E-state index contributed by atoms with van der Waals surface area (Å²) in [5.74, 6) is 4.05. The summed E-state index contributed by atoms with van der Waals surface area (Å²) in [5.41, 5.74) is 5.34. The summed E-state index contributed by atoms with van der Waals surface area (Å²) >= 11 is 0. The van der Waals surface area contributed by atoms with Gasteiger partial charge in [0.25, 0.3) is 0 Å². The molecule has 113 heavy (non-hydrogen) atoms. The minimum Gasteiger partial charge on any atom is -0.404 e. The Labute approximate surface area is 669 Å². The molecule has 574 valence electrons. The fraction of sp³-hybridized carbons (Fsp3) is 0.360. The smallest absolute Gasteiger partial charge is 0.404 e. The summed E-state index contributed by atoms with van der Waals surface area (Å²) < 4.78 is 25.3. The molecule has 12 aromatic carbocycles. The van der Waals surface area contributed by atoms with E-state index in [2.05, 4.69) is 244 Å². The number of rotatable bonds is 34. The van der Waals surface area contributed by atoms with Crippen LogP contribution in [0.4, 0.5) is 11.6 Å².